The lowest BCUT2D eigenvalue weighted by Gasteiger charge is -2.14. The van der Waals surface area contributed by atoms with E-state index in [-0.39, 0.29) is 5.56 Å². The van der Waals surface area contributed by atoms with E-state index in [4.69, 9.17) is 0 Å². The minimum Gasteiger partial charge on any atom is -0.206 e. The molecule has 1 atom stereocenters. The standard InChI is InChI=1S/C10H9F3O2S/c11-10(12)6-9(10,7-16(13,14)15)8-4-2-1-3-5-8/h1-5H,6-7H2. The predicted molar refractivity (Wildman–Crippen MR) is 52.6 cm³/mol. The molecule has 0 aromatic heterocycles. The van der Waals surface area contributed by atoms with Gasteiger partial charge < -0.3 is 0 Å². The second-order valence-electron chi connectivity index (χ2n) is 4.01. The maximum absolute atomic E-state index is 13.2. The molecule has 0 aliphatic heterocycles. The van der Waals surface area contributed by atoms with Gasteiger partial charge in [-0.1, -0.05) is 30.3 Å². The van der Waals surface area contributed by atoms with Gasteiger partial charge in [-0.25, -0.2) is 8.78 Å². The van der Waals surface area contributed by atoms with Crippen molar-refractivity contribution in [2.45, 2.75) is 17.8 Å². The lowest BCUT2D eigenvalue weighted by Crippen LogP contribution is -2.25. The van der Waals surface area contributed by atoms with Gasteiger partial charge in [-0.2, -0.15) is 8.42 Å². The molecule has 0 amide bonds. The molecule has 1 aliphatic rings. The molecule has 0 N–H and O–H groups in total. The van der Waals surface area contributed by atoms with Crippen LogP contribution in [-0.2, 0) is 15.6 Å². The largest absolute Gasteiger partial charge is 0.303 e. The summed E-state index contributed by atoms with van der Waals surface area (Å²) in [6, 6.07) is 7.46. The molecule has 1 aromatic rings. The summed E-state index contributed by atoms with van der Waals surface area (Å²) in [5.74, 6) is -4.30. The Balaban J connectivity index is 2.41. The zero-order valence-corrected chi connectivity index (χ0v) is 8.98. The first-order valence-corrected chi connectivity index (χ1v) is 6.18. The molecule has 1 saturated carbocycles. The summed E-state index contributed by atoms with van der Waals surface area (Å²) in [7, 11) is -4.92. The molecule has 1 fully saturated rings. The van der Waals surface area contributed by atoms with Crippen molar-refractivity contribution in [1.29, 1.82) is 0 Å². The Morgan fingerprint density at radius 2 is 1.69 bits per heavy atom. The highest BCUT2D eigenvalue weighted by molar-refractivity contribution is 7.86. The fraction of sp³-hybridized carbons (Fsp3) is 0.400. The predicted octanol–water partition coefficient (Wildman–Crippen LogP) is 2.26. The Bertz CT molecular complexity index is 498. The molecule has 0 spiro atoms. The van der Waals surface area contributed by atoms with Gasteiger partial charge in [-0.05, 0) is 5.56 Å². The van der Waals surface area contributed by atoms with Crippen LogP contribution in [0.15, 0.2) is 30.3 Å². The van der Waals surface area contributed by atoms with Crippen LogP contribution in [0.2, 0.25) is 0 Å². The number of halogens is 3. The molecule has 0 saturated heterocycles. The van der Waals surface area contributed by atoms with Gasteiger partial charge in [-0.15, -0.1) is 3.89 Å². The third kappa shape index (κ3) is 1.81. The van der Waals surface area contributed by atoms with Crippen LogP contribution in [0, 0.1) is 0 Å². The van der Waals surface area contributed by atoms with Gasteiger partial charge in [0.15, 0.2) is 0 Å². The van der Waals surface area contributed by atoms with Crippen LogP contribution in [-0.4, -0.2) is 20.1 Å². The van der Waals surface area contributed by atoms with Gasteiger partial charge in [0.1, 0.15) is 0 Å². The van der Waals surface area contributed by atoms with Gasteiger partial charge in [0.05, 0.1) is 11.2 Å². The van der Waals surface area contributed by atoms with Crippen molar-refractivity contribution in [1.82, 2.24) is 0 Å². The minimum absolute atomic E-state index is 0.168. The van der Waals surface area contributed by atoms with Crippen LogP contribution in [0.1, 0.15) is 12.0 Å². The first-order valence-electron chi connectivity index (χ1n) is 4.63. The van der Waals surface area contributed by atoms with Gasteiger partial charge in [0.2, 0.25) is 0 Å². The van der Waals surface area contributed by atoms with E-state index >= 15 is 0 Å². The average molecular weight is 250 g/mol. The second-order valence-corrected chi connectivity index (χ2v) is 5.38. The number of rotatable bonds is 3. The van der Waals surface area contributed by atoms with E-state index in [0.29, 0.717) is 0 Å². The summed E-state index contributed by atoms with van der Waals surface area (Å²) in [5.41, 5.74) is -1.71. The quantitative estimate of drug-likeness (QED) is 0.771. The van der Waals surface area contributed by atoms with Gasteiger partial charge >= 0.3 is 10.2 Å². The van der Waals surface area contributed by atoms with E-state index in [9.17, 15) is 21.1 Å². The molecule has 16 heavy (non-hydrogen) atoms. The van der Waals surface area contributed by atoms with Crippen LogP contribution in [0.25, 0.3) is 0 Å². The summed E-state index contributed by atoms with van der Waals surface area (Å²) in [6.07, 6.45) is -0.618. The van der Waals surface area contributed by atoms with Crippen LogP contribution in [0.3, 0.4) is 0 Å². The Morgan fingerprint density at radius 1 is 1.19 bits per heavy atom. The van der Waals surface area contributed by atoms with Gasteiger partial charge in [-0.3, -0.25) is 0 Å². The number of benzene rings is 1. The second kappa shape index (κ2) is 3.23. The smallest absolute Gasteiger partial charge is 0.206 e. The summed E-state index contributed by atoms with van der Waals surface area (Å²) in [6.45, 7) is 0. The molecule has 2 rings (SSSR count). The van der Waals surface area contributed by atoms with E-state index in [1.165, 1.54) is 24.3 Å². The molecule has 0 radical (unpaired) electrons. The fourth-order valence-electron chi connectivity index (χ4n) is 1.94. The van der Waals surface area contributed by atoms with E-state index in [1.807, 2.05) is 0 Å². The molecule has 88 valence electrons. The Labute approximate surface area is 91.3 Å². The first-order chi connectivity index (χ1) is 7.27. The molecule has 2 nitrogen and oxygen atoms in total. The topological polar surface area (TPSA) is 34.1 Å². The zero-order chi connectivity index (χ0) is 12.0. The van der Waals surface area contributed by atoms with Crippen molar-refractivity contribution in [2.75, 3.05) is 5.75 Å². The lowest BCUT2D eigenvalue weighted by atomic mass is 9.98. The highest BCUT2D eigenvalue weighted by Gasteiger charge is 2.73. The summed E-state index contributed by atoms with van der Waals surface area (Å²) < 4.78 is 60.2. The van der Waals surface area contributed by atoms with Crippen LogP contribution in [0.5, 0.6) is 0 Å². The highest BCUT2D eigenvalue weighted by atomic mass is 32.3. The molecule has 1 aliphatic carbocycles. The molecule has 1 unspecified atom stereocenters. The SMILES string of the molecule is O=S(=O)(F)CC1(c2ccccc2)CC1(F)F. The molecule has 6 heteroatoms. The molecule has 0 heterocycles. The molecule has 0 bridgehead atoms. The normalized spacial score (nSPS) is 27.7. The number of hydrogen-bond donors (Lipinski definition) is 0. The highest BCUT2D eigenvalue weighted by Crippen LogP contribution is 2.62. The fourth-order valence-corrected chi connectivity index (χ4v) is 3.01. The Morgan fingerprint density at radius 3 is 2.06 bits per heavy atom. The summed E-state index contributed by atoms with van der Waals surface area (Å²) >= 11 is 0. The van der Waals surface area contributed by atoms with Crippen molar-refractivity contribution in [3.63, 3.8) is 0 Å². The van der Waals surface area contributed by atoms with Crippen LogP contribution >= 0.6 is 0 Å². The third-order valence-electron chi connectivity index (χ3n) is 2.84. The van der Waals surface area contributed by atoms with Crippen molar-refractivity contribution >= 4 is 10.2 Å². The maximum atomic E-state index is 13.2. The lowest BCUT2D eigenvalue weighted by molar-refractivity contribution is 0.0924. The Hall–Kier alpha value is -1.04. The van der Waals surface area contributed by atoms with Crippen molar-refractivity contribution in [3.05, 3.63) is 35.9 Å². The van der Waals surface area contributed by atoms with E-state index < -0.39 is 33.7 Å². The maximum Gasteiger partial charge on any atom is 0.303 e. The monoisotopic (exact) mass is 250 g/mol. The Kier molecular flexibility index (Phi) is 2.31. The third-order valence-corrected chi connectivity index (χ3v) is 3.68. The molecule has 1 aromatic carbocycles. The minimum atomic E-state index is -4.92. The van der Waals surface area contributed by atoms with Crippen LogP contribution < -0.4 is 0 Å². The van der Waals surface area contributed by atoms with Crippen LogP contribution in [0.4, 0.5) is 12.7 Å². The van der Waals surface area contributed by atoms with E-state index in [0.717, 1.165) is 0 Å². The van der Waals surface area contributed by atoms with E-state index in [2.05, 4.69) is 0 Å². The molecular weight excluding hydrogens is 241 g/mol. The molecular formula is C10H9F3O2S. The van der Waals surface area contributed by atoms with E-state index in [1.54, 1.807) is 6.07 Å². The average Bonchev–Trinajstić information content (AvgIpc) is 2.68. The number of hydrogen-bond acceptors (Lipinski definition) is 2. The number of alkyl halides is 2. The van der Waals surface area contributed by atoms with Crippen molar-refractivity contribution < 1.29 is 21.1 Å². The van der Waals surface area contributed by atoms with Gasteiger partial charge in [0.25, 0.3) is 5.92 Å². The zero-order valence-electron chi connectivity index (χ0n) is 8.16. The first kappa shape index (κ1) is 11.4. The summed E-state index contributed by atoms with van der Waals surface area (Å²) in [4.78, 5) is 0. The summed E-state index contributed by atoms with van der Waals surface area (Å²) in [5, 5.41) is 0. The van der Waals surface area contributed by atoms with Crippen molar-refractivity contribution in [2.24, 2.45) is 0 Å². The van der Waals surface area contributed by atoms with Crippen molar-refractivity contribution in [3.8, 4) is 0 Å². The van der Waals surface area contributed by atoms with Gasteiger partial charge in [0, 0.05) is 6.42 Å².